The SMILES string of the molecule is O=C([C@@H]1CC(=O)N(c2ccc(Cl)c(Cl)c2)C1)N1CCC(c2c[nH]c3ccccc23)(c2c[nH]c3ccccc23)CC1. The number of carbonyl (C=O) groups excluding carboxylic acids is 2. The predicted octanol–water partition coefficient (Wildman–Crippen LogP) is 6.92. The number of likely N-dealkylation sites (tertiary alicyclic amines) is 1. The highest BCUT2D eigenvalue weighted by molar-refractivity contribution is 6.42. The lowest BCUT2D eigenvalue weighted by Gasteiger charge is -2.43. The number of hydrogen-bond donors (Lipinski definition) is 2. The lowest BCUT2D eigenvalue weighted by molar-refractivity contribution is -0.137. The average molecular weight is 572 g/mol. The second-order valence-corrected chi connectivity index (χ2v) is 11.7. The Hall–Kier alpha value is -3.74. The number of fused-ring (bicyclic) bond motifs is 2. The minimum absolute atomic E-state index is 0.0439. The molecule has 4 heterocycles. The summed E-state index contributed by atoms with van der Waals surface area (Å²) in [5, 5.41) is 3.26. The van der Waals surface area contributed by atoms with Crippen molar-refractivity contribution in [3.63, 3.8) is 0 Å². The van der Waals surface area contributed by atoms with Crippen LogP contribution in [0.3, 0.4) is 0 Å². The molecule has 40 heavy (non-hydrogen) atoms. The summed E-state index contributed by atoms with van der Waals surface area (Å²) in [5.41, 5.74) is 5.17. The molecule has 2 aromatic heterocycles. The molecule has 2 amide bonds. The van der Waals surface area contributed by atoms with Gasteiger partial charge in [-0.1, -0.05) is 59.6 Å². The second kappa shape index (κ2) is 9.72. The Morgan fingerprint density at radius 1 is 0.825 bits per heavy atom. The van der Waals surface area contributed by atoms with Gasteiger partial charge in [-0.25, -0.2) is 0 Å². The van der Waals surface area contributed by atoms with Gasteiger partial charge in [0.2, 0.25) is 11.8 Å². The molecule has 6 nitrogen and oxygen atoms in total. The van der Waals surface area contributed by atoms with Gasteiger partial charge in [-0.05, 0) is 54.3 Å². The van der Waals surface area contributed by atoms with Crippen LogP contribution in [0.15, 0.2) is 79.1 Å². The predicted molar refractivity (Wildman–Crippen MR) is 160 cm³/mol. The molecular weight excluding hydrogens is 543 g/mol. The lowest BCUT2D eigenvalue weighted by Crippen LogP contribution is -2.47. The van der Waals surface area contributed by atoms with Gasteiger partial charge in [0, 0.05) is 71.4 Å². The van der Waals surface area contributed by atoms with Gasteiger partial charge in [-0.3, -0.25) is 9.59 Å². The third kappa shape index (κ3) is 4.01. The Morgan fingerprint density at radius 3 is 2.02 bits per heavy atom. The van der Waals surface area contributed by atoms with Crippen molar-refractivity contribution in [2.24, 2.45) is 5.92 Å². The van der Waals surface area contributed by atoms with E-state index in [4.69, 9.17) is 23.2 Å². The number of rotatable bonds is 4. The number of halogens is 2. The van der Waals surface area contributed by atoms with Crippen molar-refractivity contribution in [3.05, 3.63) is 100 Å². The van der Waals surface area contributed by atoms with Crippen LogP contribution in [0.25, 0.3) is 21.8 Å². The minimum atomic E-state index is -0.379. The van der Waals surface area contributed by atoms with E-state index in [1.54, 1.807) is 23.1 Å². The molecule has 2 fully saturated rings. The molecule has 202 valence electrons. The van der Waals surface area contributed by atoms with Crippen molar-refractivity contribution in [3.8, 4) is 0 Å². The number of benzene rings is 3. The van der Waals surface area contributed by atoms with E-state index in [-0.39, 0.29) is 29.6 Å². The highest BCUT2D eigenvalue weighted by atomic mass is 35.5. The molecule has 1 atom stereocenters. The highest BCUT2D eigenvalue weighted by Crippen LogP contribution is 2.47. The quantitative estimate of drug-likeness (QED) is 0.246. The van der Waals surface area contributed by atoms with E-state index in [2.05, 4.69) is 58.8 Å². The van der Waals surface area contributed by atoms with Crippen LogP contribution in [-0.2, 0) is 15.0 Å². The molecule has 2 aliphatic heterocycles. The number of amides is 2. The minimum Gasteiger partial charge on any atom is -0.361 e. The summed E-state index contributed by atoms with van der Waals surface area (Å²) in [6.45, 7) is 1.59. The number of aromatic amines is 2. The molecule has 5 aromatic rings. The standard InChI is InChI=1S/C32H28Cl2N4O2/c33-26-10-9-21(16-27(26)34)38-19-20(15-30(38)39)31(40)37-13-11-32(12-14-37,24-17-35-28-7-3-1-5-22(24)28)25-18-36-29-8-4-2-6-23(25)29/h1-10,16-18,20,35-36H,11-15,19H2/t20-/m1/s1. The maximum atomic E-state index is 13.7. The van der Waals surface area contributed by atoms with Crippen LogP contribution in [0, 0.1) is 5.92 Å². The van der Waals surface area contributed by atoms with Crippen molar-refractivity contribution in [1.29, 1.82) is 0 Å². The summed E-state index contributed by atoms with van der Waals surface area (Å²) >= 11 is 12.3. The molecule has 0 saturated carbocycles. The Kier molecular flexibility index (Phi) is 6.13. The maximum absolute atomic E-state index is 13.7. The van der Waals surface area contributed by atoms with E-state index in [0.29, 0.717) is 35.4 Å². The van der Waals surface area contributed by atoms with Gasteiger partial charge in [-0.15, -0.1) is 0 Å². The molecule has 3 aromatic carbocycles. The first-order chi connectivity index (χ1) is 19.4. The molecule has 0 unspecified atom stereocenters. The van der Waals surface area contributed by atoms with Gasteiger partial charge in [0.15, 0.2) is 0 Å². The number of para-hydroxylation sites is 2. The van der Waals surface area contributed by atoms with E-state index in [0.717, 1.165) is 23.9 Å². The van der Waals surface area contributed by atoms with Crippen LogP contribution in [-0.4, -0.2) is 46.3 Å². The average Bonchev–Trinajstić information content (AvgIpc) is 3.71. The van der Waals surface area contributed by atoms with E-state index >= 15 is 0 Å². The van der Waals surface area contributed by atoms with Gasteiger partial charge < -0.3 is 19.8 Å². The number of anilines is 1. The molecule has 2 N–H and O–H groups in total. The van der Waals surface area contributed by atoms with Crippen molar-refractivity contribution >= 4 is 62.5 Å². The first-order valence-electron chi connectivity index (χ1n) is 13.6. The molecular formula is C32H28Cl2N4O2. The van der Waals surface area contributed by atoms with Crippen molar-refractivity contribution in [1.82, 2.24) is 14.9 Å². The van der Waals surface area contributed by atoms with E-state index in [9.17, 15) is 9.59 Å². The van der Waals surface area contributed by atoms with Crippen molar-refractivity contribution < 1.29 is 9.59 Å². The molecule has 2 saturated heterocycles. The van der Waals surface area contributed by atoms with Gasteiger partial charge in [0.05, 0.1) is 16.0 Å². The molecule has 0 aliphatic carbocycles. The molecule has 2 aliphatic rings. The summed E-state index contributed by atoms with van der Waals surface area (Å²) in [6.07, 6.45) is 6.08. The topological polar surface area (TPSA) is 72.2 Å². The smallest absolute Gasteiger partial charge is 0.228 e. The monoisotopic (exact) mass is 570 g/mol. The fourth-order valence-corrected chi connectivity index (χ4v) is 7.05. The van der Waals surface area contributed by atoms with E-state index in [1.807, 2.05) is 17.0 Å². The number of H-pyrrole nitrogens is 2. The lowest BCUT2D eigenvalue weighted by atomic mass is 9.67. The zero-order chi connectivity index (χ0) is 27.4. The molecule has 0 bridgehead atoms. The summed E-state index contributed by atoms with van der Waals surface area (Å²) in [7, 11) is 0. The number of piperidine rings is 1. The van der Waals surface area contributed by atoms with Crippen LogP contribution < -0.4 is 4.90 Å². The van der Waals surface area contributed by atoms with E-state index in [1.165, 1.54) is 21.9 Å². The second-order valence-electron chi connectivity index (χ2n) is 10.9. The normalized spacial score (nSPS) is 19.1. The summed E-state index contributed by atoms with van der Waals surface area (Å²) in [5.74, 6) is -0.404. The Balaban J connectivity index is 1.17. The maximum Gasteiger partial charge on any atom is 0.228 e. The van der Waals surface area contributed by atoms with E-state index < -0.39 is 0 Å². The van der Waals surface area contributed by atoms with Gasteiger partial charge in [0.1, 0.15) is 0 Å². The molecule has 0 spiro atoms. The first kappa shape index (κ1) is 25.2. The molecule has 8 heteroatoms. The number of hydrogen-bond acceptors (Lipinski definition) is 2. The number of nitrogens with one attached hydrogen (secondary N) is 2. The van der Waals surface area contributed by atoms with Crippen LogP contribution in [0.4, 0.5) is 5.69 Å². The largest absolute Gasteiger partial charge is 0.361 e. The Bertz CT molecular complexity index is 1690. The third-order valence-corrected chi connectivity index (χ3v) is 9.57. The van der Waals surface area contributed by atoms with Crippen LogP contribution in [0.1, 0.15) is 30.4 Å². The van der Waals surface area contributed by atoms with Crippen LogP contribution in [0.5, 0.6) is 0 Å². The van der Waals surface area contributed by atoms with Crippen LogP contribution >= 0.6 is 23.2 Å². The third-order valence-electron chi connectivity index (χ3n) is 8.83. The van der Waals surface area contributed by atoms with Crippen molar-refractivity contribution in [2.75, 3.05) is 24.5 Å². The fraction of sp³-hybridized carbons (Fsp3) is 0.250. The molecule has 7 rings (SSSR count). The number of nitrogens with zero attached hydrogens (tertiary/aromatic N) is 2. The summed E-state index contributed by atoms with van der Waals surface area (Å²) < 4.78 is 0. The number of aromatic nitrogens is 2. The highest BCUT2D eigenvalue weighted by Gasteiger charge is 2.44. The zero-order valence-corrected chi connectivity index (χ0v) is 23.3. The molecule has 0 radical (unpaired) electrons. The van der Waals surface area contributed by atoms with Gasteiger partial charge in [0.25, 0.3) is 0 Å². The Labute approximate surface area is 241 Å². The van der Waals surface area contributed by atoms with Crippen LogP contribution in [0.2, 0.25) is 10.0 Å². The van der Waals surface area contributed by atoms with Gasteiger partial charge >= 0.3 is 0 Å². The first-order valence-corrected chi connectivity index (χ1v) is 14.4. The fourth-order valence-electron chi connectivity index (χ4n) is 6.76. The number of carbonyl (C=O) groups is 2. The zero-order valence-electron chi connectivity index (χ0n) is 21.8. The Morgan fingerprint density at radius 2 is 1.43 bits per heavy atom. The summed E-state index contributed by atoms with van der Waals surface area (Å²) in [6, 6.07) is 22.0. The van der Waals surface area contributed by atoms with Gasteiger partial charge in [-0.2, -0.15) is 0 Å². The summed E-state index contributed by atoms with van der Waals surface area (Å²) in [4.78, 5) is 37.2. The van der Waals surface area contributed by atoms with Crippen molar-refractivity contribution in [2.45, 2.75) is 24.7 Å².